The van der Waals surface area contributed by atoms with Crippen molar-refractivity contribution in [1.82, 2.24) is 0 Å². The number of benzene rings is 3. The Morgan fingerprint density at radius 2 is 1.09 bits per heavy atom. The van der Waals surface area contributed by atoms with Crippen LogP contribution >= 0.6 is 0 Å². The number of carbonyl (C=O) groups excluding carboxylic acids is 2. The van der Waals surface area contributed by atoms with Gasteiger partial charge in [-0.05, 0) is 42.7 Å². The van der Waals surface area contributed by atoms with Gasteiger partial charge in [0, 0.05) is 12.3 Å². The number of aliphatic hydroxyl groups excluding tert-OH is 2. The lowest BCUT2D eigenvalue weighted by molar-refractivity contribution is -0.0893. The van der Waals surface area contributed by atoms with Crippen LogP contribution in [0.5, 0.6) is 0 Å². The number of carbonyl (C=O) groups is 2. The van der Waals surface area contributed by atoms with E-state index in [1.165, 1.54) is 0 Å². The van der Waals surface area contributed by atoms with Gasteiger partial charge >= 0.3 is 11.9 Å². The molecule has 0 radical (unpaired) electrons. The van der Waals surface area contributed by atoms with Crippen molar-refractivity contribution in [2.24, 2.45) is 0 Å². The molecular formula is C29H32O6. The topological polar surface area (TPSA) is 93.1 Å². The molecule has 6 heteroatoms. The van der Waals surface area contributed by atoms with E-state index in [1.54, 1.807) is 60.7 Å². The summed E-state index contributed by atoms with van der Waals surface area (Å²) in [4.78, 5) is 25.3. The van der Waals surface area contributed by atoms with Crippen molar-refractivity contribution in [3.63, 3.8) is 0 Å². The quantitative estimate of drug-likeness (QED) is 0.279. The molecule has 0 amide bonds. The molecule has 3 rings (SSSR count). The van der Waals surface area contributed by atoms with Crippen LogP contribution in [0.25, 0.3) is 0 Å². The molecule has 0 saturated carbocycles. The number of hydrogen-bond acceptors (Lipinski definition) is 6. The molecule has 0 aliphatic rings. The van der Waals surface area contributed by atoms with Crippen LogP contribution in [-0.2, 0) is 9.47 Å². The fourth-order valence-corrected chi connectivity index (χ4v) is 4.00. The van der Waals surface area contributed by atoms with E-state index in [0.717, 1.165) is 12.0 Å². The molecule has 0 aliphatic heterocycles. The van der Waals surface area contributed by atoms with Gasteiger partial charge in [-0.15, -0.1) is 0 Å². The van der Waals surface area contributed by atoms with Crippen molar-refractivity contribution in [2.45, 2.75) is 57.0 Å². The molecule has 0 heterocycles. The van der Waals surface area contributed by atoms with Crippen molar-refractivity contribution >= 4 is 11.9 Å². The molecule has 184 valence electrons. The summed E-state index contributed by atoms with van der Waals surface area (Å²) in [6, 6.07) is 26.2. The first-order chi connectivity index (χ1) is 17.0. The molecule has 0 spiro atoms. The Morgan fingerprint density at radius 3 is 1.54 bits per heavy atom. The third kappa shape index (κ3) is 7.77. The largest absolute Gasteiger partial charge is 0.422 e. The lowest BCUT2D eigenvalue weighted by Crippen LogP contribution is -2.32. The molecule has 6 nitrogen and oxygen atoms in total. The van der Waals surface area contributed by atoms with Gasteiger partial charge in [0.25, 0.3) is 0 Å². The van der Waals surface area contributed by atoms with E-state index in [9.17, 15) is 19.8 Å². The minimum atomic E-state index is -1.20. The van der Waals surface area contributed by atoms with E-state index < -0.39 is 36.4 Å². The van der Waals surface area contributed by atoms with E-state index in [0.29, 0.717) is 17.5 Å². The van der Waals surface area contributed by atoms with Crippen LogP contribution in [0.4, 0.5) is 0 Å². The van der Waals surface area contributed by atoms with Crippen LogP contribution in [0.15, 0.2) is 91.0 Å². The Labute approximate surface area is 206 Å². The summed E-state index contributed by atoms with van der Waals surface area (Å²) >= 11 is 0. The molecule has 0 aromatic heterocycles. The van der Waals surface area contributed by atoms with E-state index in [2.05, 4.69) is 0 Å². The maximum absolute atomic E-state index is 12.7. The molecular weight excluding hydrogens is 444 g/mol. The van der Waals surface area contributed by atoms with E-state index in [1.807, 2.05) is 37.3 Å². The number of hydrogen-bond donors (Lipinski definition) is 2. The first-order valence-corrected chi connectivity index (χ1v) is 11.9. The Morgan fingerprint density at radius 1 is 0.657 bits per heavy atom. The minimum Gasteiger partial charge on any atom is -0.422 e. The lowest BCUT2D eigenvalue weighted by Gasteiger charge is -2.29. The standard InChI is InChI=1S/C29H32O6/c1-2-12-24(30)27(21-13-6-3-7-14-21)25(31)19-20-26(34-28(32)22-15-8-4-9-16-22)35-29(33)23-17-10-5-11-18-23/h3-11,13-18,24-27,30-31H,2,12,19-20H2,1H3. The van der Waals surface area contributed by atoms with Crippen molar-refractivity contribution in [3.8, 4) is 0 Å². The summed E-state index contributed by atoms with van der Waals surface area (Å²) in [6.45, 7) is 1.97. The molecule has 0 aliphatic carbocycles. The number of ether oxygens (including phenoxy) is 2. The zero-order chi connectivity index (χ0) is 25.0. The van der Waals surface area contributed by atoms with Gasteiger partial charge < -0.3 is 19.7 Å². The van der Waals surface area contributed by atoms with Gasteiger partial charge in [0.15, 0.2) is 0 Å². The smallest absolute Gasteiger partial charge is 0.341 e. The van der Waals surface area contributed by atoms with Crippen molar-refractivity contribution in [2.75, 3.05) is 0 Å². The molecule has 35 heavy (non-hydrogen) atoms. The van der Waals surface area contributed by atoms with Gasteiger partial charge in [0.2, 0.25) is 6.29 Å². The summed E-state index contributed by atoms with van der Waals surface area (Å²) < 4.78 is 11.0. The average molecular weight is 477 g/mol. The third-order valence-corrected chi connectivity index (χ3v) is 5.79. The summed E-state index contributed by atoms with van der Waals surface area (Å²) in [5.74, 6) is -1.78. The van der Waals surface area contributed by atoms with Crippen LogP contribution in [0, 0.1) is 0 Å². The Hall–Kier alpha value is -3.48. The van der Waals surface area contributed by atoms with Gasteiger partial charge in [-0.25, -0.2) is 9.59 Å². The Bertz CT molecular complexity index is 985. The number of aliphatic hydroxyl groups is 2. The summed E-state index contributed by atoms with van der Waals surface area (Å²) in [5, 5.41) is 21.8. The Kier molecular flexibility index (Phi) is 10.0. The van der Waals surface area contributed by atoms with Gasteiger partial charge in [0.05, 0.1) is 23.3 Å². The normalized spacial score (nSPS) is 13.6. The van der Waals surface area contributed by atoms with E-state index in [4.69, 9.17) is 9.47 Å². The number of rotatable bonds is 12. The zero-order valence-corrected chi connectivity index (χ0v) is 19.8. The van der Waals surface area contributed by atoms with Gasteiger partial charge in [-0.1, -0.05) is 80.1 Å². The fourth-order valence-electron chi connectivity index (χ4n) is 4.00. The molecule has 3 aromatic rings. The summed E-state index contributed by atoms with van der Waals surface area (Å²) in [6.07, 6.45) is -1.36. The molecule has 3 aromatic carbocycles. The van der Waals surface area contributed by atoms with Crippen LogP contribution in [-0.4, -0.2) is 40.6 Å². The highest BCUT2D eigenvalue weighted by atomic mass is 16.7. The van der Waals surface area contributed by atoms with Gasteiger partial charge in [-0.3, -0.25) is 0 Å². The minimum absolute atomic E-state index is 0.0699. The first-order valence-electron chi connectivity index (χ1n) is 11.9. The Balaban J connectivity index is 1.74. The highest BCUT2D eigenvalue weighted by Gasteiger charge is 2.30. The molecule has 0 fully saturated rings. The predicted molar refractivity (Wildman–Crippen MR) is 133 cm³/mol. The molecule has 0 saturated heterocycles. The second-order valence-electron chi connectivity index (χ2n) is 8.41. The average Bonchev–Trinajstić information content (AvgIpc) is 2.89. The molecule has 3 atom stereocenters. The van der Waals surface area contributed by atoms with Crippen LogP contribution < -0.4 is 0 Å². The fraction of sp³-hybridized carbons (Fsp3) is 0.310. The zero-order valence-electron chi connectivity index (χ0n) is 19.8. The van der Waals surface area contributed by atoms with Crippen LogP contribution in [0.3, 0.4) is 0 Å². The van der Waals surface area contributed by atoms with Crippen LogP contribution in [0.2, 0.25) is 0 Å². The summed E-state index contributed by atoms with van der Waals surface area (Å²) in [7, 11) is 0. The van der Waals surface area contributed by atoms with Crippen molar-refractivity contribution < 1.29 is 29.3 Å². The first kappa shape index (κ1) is 26.1. The monoisotopic (exact) mass is 476 g/mol. The molecule has 0 bridgehead atoms. The summed E-state index contributed by atoms with van der Waals surface area (Å²) in [5.41, 5.74) is 1.48. The SMILES string of the molecule is CCCC(O)C(c1ccccc1)C(O)CCC(OC(=O)c1ccccc1)OC(=O)c1ccccc1. The van der Waals surface area contributed by atoms with Gasteiger partial charge in [-0.2, -0.15) is 0 Å². The number of esters is 2. The second-order valence-corrected chi connectivity index (χ2v) is 8.41. The van der Waals surface area contributed by atoms with Crippen molar-refractivity contribution in [1.29, 1.82) is 0 Å². The molecule has 3 unspecified atom stereocenters. The van der Waals surface area contributed by atoms with Crippen LogP contribution in [0.1, 0.15) is 64.8 Å². The van der Waals surface area contributed by atoms with Gasteiger partial charge in [0.1, 0.15) is 0 Å². The predicted octanol–water partition coefficient (Wildman–Crippen LogP) is 5.11. The third-order valence-electron chi connectivity index (χ3n) is 5.79. The highest BCUT2D eigenvalue weighted by molar-refractivity contribution is 5.91. The lowest BCUT2D eigenvalue weighted by atomic mass is 9.84. The van der Waals surface area contributed by atoms with Crippen molar-refractivity contribution in [3.05, 3.63) is 108 Å². The molecule has 2 N–H and O–H groups in total. The van der Waals surface area contributed by atoms with E-state index in [-0.39, 0.29) is 12.8 Å². The second kappa shape index (κ2) is 13.4. The maximum Gasteiger partial charge on any atom is 0.341 e. The van der Waals surface area contributed by atoms with E-state index >= 15 is 0 Å². The maximum atomic E-state index is 12.7. The highest BCUT2D eigenvalue weighted by Crippen LogP contribution is 2.29.